The van der Waals surface area contributed by atoms with E-state index in [2.05, 4.69) is 37.1 Å². The summed E-state index contributed by atoms with van der Waals surface area (Å²) in [6.45, 7) is 9.25. The fourth-order valence-electron chi connectivity index (χ4n) is 3.71. The average Bonchev–Trinajstić information content (AvgIpc) is 2.38. The smallest absolute Gasteiger partial charge is 0.108 e. The summed E-state index contributed by atoms with van der Waals surface area (Å²) in [6, 6.07) is 3.07. The van der Waals surface area contributed by atoms with Crippen molar-refractivity contribution in [3.05, 3.63) is 0 Å². The van der Waals surface area contributed by atoms with E-state index in [1.54, 1.807) is 0 Å². The molecule has 0 spiro atoms. The van der Waals surface area contributed by atoms with Gasteiger partial charge in [-0.15, -0.1) is 0 Å². The van der Waals surface area contributed by atoms with Gasteiger partial charge in [-0.3, -0.25) is 10.2 Å². The van der Waals surface area contributed by atoms with Crippen LogP contribution >= 0.6 is 0 Å². The van der Waals surface area contributed by atoms with E-state index in [0.717, 1.165) is 38.9 Å². The highest BCUT2D eigenvalue weighted by molar-refractivity contribution is 5.11. The topological polar surface area (TPSA) is 48.3 Å². The lowest BCUT2D eigenvalue weighted by atomic mass is 9.79. The van der Waals surface area contributed by atoms with Crippen LogP contribution in [0.1, 0.15) is 46.5 Å². The van der Waals surface area contributed by atoms with Crippen molar-refractivity contribution in [1.29, 1.82) is 5.26 Å². The second kappa shape index (κ2) is 6.21. The molecule has 1 N–H and O–H groups in total. The van der Waals surface area contributed by atoms with Gasteiger partial charge in [0.1, 0.15) is 5.54 Å². The molecular weight excluding hydrogens is 238 g/mol. The van der Waals surface area contributed by atoms with Crippen LogP contribution in [0, 0.1) is 11.3 Å². The Morgan fingerprint density at radius 3 is 2.63 bits per heavy atom. The van der Waals surface area contributed by atoms with Crippen LogP contribution in [0.3, 0.4) is 0 Å². The summed E-state index contributed by atoms with van der Waals surface area (Å²) in [4.78, 5) is 2.54. The van der Waals surface area contributed by atoms with Gasteiger partial charge in [-0.1, -0.05) is 6.92 Å². The first-order valence-electron chi connectivity index (χ1n) is 7.64. The van der Waals surface area contributed by atoms with E-state index in [1.165, 1.54) is 6.42 Å². The molecule has 0 radical (unpaired) electrons. The first-order chi connectivity index (χ1) is 9.08. The molecular formula is C15H27N3O. The molecule has 0 aromatic rings. The van der Waals surface area contributed by atoms with E-state index in [-0.39, 0.29) is 5.54 Å². The van der Waals surface area contributed by atoms with Crippen molar-refractivity contribution >= 4 is 0 Å². The van der Waals surface area contributed by atoms with E-state index in [4.69, 9.17) is 4.74 Å². The van der Waals surface area contributed by atoms with Crippen molar-refractivity contribution in [3.63, 3.8) is 0 Å². The monoisotopic (exact) mass is 265 g/mol. The van der Waals surface area contributed by atoms with Crippen LogP contribution in [-0.2, 0) is 4.74 Å². The number of nitrogens with zero attached hydrogens (tertiary/aromatic N) is 2. The molecule has 0 aromatic heterocycles. The normalized spacial score (nSPS) is 40.8. The summed E-state index contributed by atoms with van der Waals surface area (Å²) in [7, 11) is 0. The maximum atomic E-state index is 9.54. The molecule has 4 atom stereocenters. The number of hydrogen-bond donors (Lipinski definition) is 1. The van der Waals surface area contributed by atoms with Crippen molar-refractivity contribution in [2.75, 3.05) is 19.6 Å². The second-order valence-corrected chi connectivity index (χ2v) is 6.19. The molecule has 1 saturated carbocycles. The fourth-order valence-corrected chi connectivity index (χ4v) is 3.71. The Morgan fingerprint density at radius 2 is 2.05 bits per heavy atom. The Morgan fingerprint density at radius 1 is 1.37 bits per heavy atom. The maximum absolute atomic E-state index is 9.54. The molecule has 0 aromatic carbocycles. The summed E-state index contributed by atoms with van der Waals surface area (Å²) in [6.07, 6.45) is 4.92. The third-order valence-corrected chi connectivity index (χ3v) is 4.42. The van der Waals surface area contributed by atoms with Gasteiger partial charge in [0, 0.05) is 19.1 Å². The van der Waals surface area contributed by atoms with Crippen molar-refractivity contribution in [2.45, 2.75) is 70.2 Å². The van der Waals surface area contributed by atoms with Gasteiger partial charge in [-0.05, 0) is 46.1 Å². The molecule has 1 heterocycles. The number of ether oxygens (including phenoxy) is 1. The third-order valence-electron chi connectivity index (χ3n) is 4.42. The molecule has 0 bridgehead atoms. The minimum absolute atomic E-state index is 0.303. The Kier molecular flexibility index (Phi) is 4.83. The Bertz CT molecular complexity index is 327. The Balaban J connectivity index is 2.02. The van der Waals surface area contributed by atoms with Crippen molar-refractivity contribution < 1.29 is 4.74 Å². The fraction of sp³-hybridized carbons (Fsp3) is 0.933. The zero-order valence-electron chi connectivity index (χ0n) is 12.5. The molecule has 1 aliphatic carbocycles. The van der Waals surface area contributed by atoms with Crippen molar-refractivity contribution in [1.82, 2.24) is 10.2 Å². The molecule has 19 heavy (non-hydrogen) atoms. The number of nitriles is 1. The lowest BCUT2D eigenvalue weighted by molar-refractivity contribution is -0.0866. The third kappa shape index (κ3) is 3.47. The Hall–Kier alpha value is -0.630. The van der Waals surface area contributed by atoms with Gasteiger partial charge in [0.2, 0.25) is 0 Å². The van der Waals surface area contributed by atoms with Crippen molar-refractivity contribution in [3.8, 4) is 6.07 Å². The first kappa shape index (κ1) is 14.8. The first-order valence-corrected chi connectivity index (χ1v) is 7.64. The summed E-state index contributed by atoms with van der Waals surface area (Å²) in [5, 5.41) is 13.0. The molecule has 2 aliphatic rings. The van der Waals surface area contributed by atoms with Crippen LogP contribution in [0.15, 0.2) is 0 Å². The highest BCUT2D eigenvalue weighted by atomic mass is 16.5. The van der Waals surface area contributed by atoms with Gasteiger partial charge in [-0.25, -0.2) is 0 Å². The molecule has 108 valence electrons. The molecule has 2 fully saturated rings. The molecule has 0 amide bonds. The van der Waals surface area contributed by atoms with Crippen LogP contribution in [0.2, 0.25) is 0 Å². The highest BCUT2D eigenvalue weighted by Crippen LogP contribution is 2.32. The van der Waals surface area contributed by atoms with Gasteiger partial charge in [-0.2, -0.15) is 5.26 Å². The van der Waals surface area contributed by atoms with Gasteiger partial charge in [0.05, 0.1) is 18.3 Å². The Labute approximate surface area is 117 Å². The molecule has 4 unspecified atom stereocenters. The van der Waals surface area contributed by atoms with Gasteiger partial charge in [0.25, 0.3) is 0 Å². The average molecular weight is 265 g/mol. The number of rotatable bonds is 3. The maximum Gasteiger partial charge on any atom is 0.108 e. The van der Waals surface area contributed by atoms with E-state index >= 15 is 0 Å². The van der Waals surface area contributed by atoms with E-state index in [9.17, 15) is 5.26 Å². The molecule has 2 rings (SSSR count). The standard InChI is InChI=1S/C15H27N3O/c1-4-17-15(11-16)7-5-6-14(8-15)18-9-12(2)19-13(3)10-18/h12-14,17H,4-10H2,1-3H3. The van der Waals surface area contributed by atoms with Crippen LogP contribution in [0.4, 0.5) is 0 Å². The second-order valence-electron chi connectivity index (χ2n) is 6.19. The minimum atomic E-state index is -0.303. The highest BCUT2D eigenvalue weighted by Gasteiger charge is 2.39. The lowest BCUT2D eigenvalue weighted by Gasteiger charge is -2.45. The van der Waals surface area contributed by atoms with Crippen LogP contribution < -0.4 is 5.32 Å². The molecule has 1 aliphatic heterocycles. The summed E-state index contributed by atoms with van der Waals surface area (Å²) in [5.74, 6) is 0. The predicted molar refractivity (Wildman–Crippen MR) is 75.9 cm³/mol. The van der Waals surface area contributed by atoms with Crippen LogP contribution in [-0.4, -0.2) is 48.3 Å². The quantitative estimate of drug-likeness (QED) is 0.847. The van der Waals surface area contributed by atoms with E-state index in [1.807, 2.05) is 0 Å². The number of morpholine rings is 1. The van der Waals surface area contributed by atoms with E-state index < -0.39 is 0 Å². The zero-order chi connectivity index (χ0) is 13.9. The predicted octanol–water partition coefficient (Wildman–Crippen LogP) is 1.91. The van der Waals surface area contributed by atoms with Crippen LogP contribution in [0.5, 0.6) is 0 Å². The number of hydrogen-bond acceptors (Lipinski definition) is 4. The van der Waals surface area contributed by atoms with E-state index in [0.29, 0.717) is 18.2 Å². The SMILES string of the molecule is CCNC1(C#N)CCCC(N2CC(C)OC(C)C2)C1. The molecule has 4 nitrogen and oxygen atoms in total. The van der Waals surface area contributed by atoms with Crippen molar-refractivity contribution in [2.24, 2.45) is 0 Å². The van der Waals surface area contributed by atoms with Gasteiger partial charge in [0.15, 0.2) is 0 Å². The zero-order valence-corrected chi connectivity index (χ0v) is 12.5. The summed E-state index contributed by atoms with van der Waals surface area (Å²) < 4.78 is 5.81. The minimum Gasteiger partial charge on any atom is -0.373 e. The van der Waals surface area contributed by atoms with Gasteiger partial charge < -0.3 is 4.74 Å². The van der Waals surface area contributed by atoms with Gasteiger partial charge >= 0.3 is 0 Å². The van der Waals surface area contributed by atoms with Crippen LogP contribution in [0.25, 0.3) is 0 Å². The summed E-state index contributed by atoms with van der Waals surface area (Å²) in [5.41, 5.74) is -0.303. The number of nitrogens with one attached hydrogen (secondary N) is 1. The largest absolute Gasteiger partial charge is 0.373 e. The lowest BCUT2D eigenvalue weighted by Crippen LogP contribution is -2.56. The molecule has 1 saturated heterocycles. The molecule has 4 heteroatoms. The summed E-state index contributed by atoms with van der Waals surface area (Å²) >= 11 is 0.